The van der Waals surface area contributed by atoms with Gasteiger partial charge in [-0.2, -0.15) is 0 Å². The number of hydrogen-bond acceptors (Lipinski definition) is 6. The molecule has 2 heterocycles. The summed E-state index contributed by atoms with van der Waals surface area (Å²) in [4.78, 5) is 45.0. The fraction of sp³-hybridized carbons (Fsp3) is 0.455. The summed E-state index contributed by atoms with van der Waals surface area (Å²) in [5.74, 6) is -0.653. The van der Waals surface area contributed by atoms with Crippen LogP contribution in [0.1, 0.15) is 92.4 Å². The molecule has 1 saturated heterocycles. The number of nitrogens with one attached hydrogen (secondary N) is 2. The van der Waals surface area contributed by atoms with Crippen molar-refractivity contribution < 1.29 is 23.5 Å². The molecular weight excluding hydrogens is 682 g/mol. The van der Waals surface area contributed by atoms with Gasteiger partial charge in [-0.1, -0.05) is 68.1 Å². The molecule has 3 aromatic carbocycles. The standard InChI is InChI=1S/C44H54FN5O4/c1-54-44(53)48-29-35(26-32-25-34-15-8-9-17-40(34)47-28-32)37-27-31(20-23-38(37)45)12-5-2-4-11-30-18-21-36(22-19-30)49-42(51)41(33-13-6-3-7-14-33)50-24-10-16-39(46)43(50)52/h8-9,15,17-23,25,27-28,33,35,39,41H,2-7,10-14,16,24,26,29,46H2,1H3,(H,48,53)(H,49,51)/t35-,39+,41+/m1/s1. The van der Waals surface area contributed by atoms with E-state index in [1.165, 1.54) is 25.2 Å². The lowest BCUT2D eigenvalue weighted by Gasteiger charge is -2.41. The molecule has 2 aliphatic rings. The Morgan fingerprint density at radius 3 is 2.43 bits per heavy atom. The van der Waals surface area contributed by atoms with E-state index in [4.69, 9.17) is 10.5 Å². The van der Waals surface area contributed by atoms with Gasteiger partial charge < -0.3 is 26.0 Å². The van der Waals surface area contributed by atoms with Crippen molar-refractivity contribution in [2.24, 2.45) is 11.7 Å². The maximum atomic E-state index is 15.3. The Balaban J connectivity index is 1.01. The van der Waals surface area contributed by atoms with Crippen molar-refractivity contribution in [1.29, 1.82) is 0 Å². The highest BCUT2D eigenvalue weighted by atomic mass is 19.1. The first-order valence-electron chi connectivity index (χ1n) is 19.7. The number of aryl methyl sites for hydroxylation is 2. The Morgan fingerprint density at radius 1 is 0.907 bits per heavy atom. The van der Waals surface area contributed by atoms with Gasteiger partial charge in [0.05, 0.1) is 18.7 Å². The van der Waals surface area contributed by atoms with Crippen LogP contribution in [0, 0.1) is 11.7 Å². The third-order valence-electron chi connectivity index (χ3n) is 11.2. The van der Waals surface area contributed by atoms with Crippen LogP contribution in [0.3, 0.4) is 0 Å². The van der Waals surface area contributed by atoms with Gasteiger partial charge in [0.2, 0.25) is 11.8 Å². The first-order chi connectivity index (χ1) is 26.3. The molecule has 3 amide bonds. The normalized spacial score (nSPS) is 17.6. The lowest BCUT2D eigenvalue weighted by molar-refractivity contribution is -0.144. The summed E-state index contributed by atoms with van der Waals surface area (Å²) in [5.41, 5.74) is 11.6. The first kappa shape index (κ1) is 38.9. The molecule has 0 bridgehead atoms. The number of halogens is 1. The maximum absolute atomic E-state index is 15.3. The number of methoxy groups -OCH3 is 1. The van der Waals surface area contributed by atoms with Gasteiger partial charge >= 0.3 is 6.09 Å². The lowest BCUT2D eigenvalue weighted by Crippen LogP contribution is -2.58. The van der Waals surface area contributed by atoms with E-state index in [9.17, 15) is 14.4 Å². The average Bonchev–Trinajstić information content (AvgIpc) is 3.19. The van der Waals surface area contributed by atoms with E-state index in [1.54, 1.807) is 4.90 Å². The molecule has 54 heavy (non-hydrogen) atoms. The van der Waals surface area contributed by atoms with Crippen LogP contribution >= 0.6 is 0 Å². The number of aromatic nitrogens is 1. The number of unbranched alkanes of at least 4 members (excludes halogenated alkanes) is 2. The van der Waals surface area contributed by atoms with Crippen LogP contribution in [0.15, 0.2) is 79.0 Å². The fourth-order valence-electron chi connectivity index (χ4n) is 8.22. The van der Waals surface area contributed by atoms with Gasteiger partial charge in [0.15, 0.2) is 0 Å². The average molecular weight is 736 g/mol. The number of fused-ring (bicyclic) bond motifs is 1. The van der Waals surface area contributed by atoms with Crippen molar-refractivity contribution >= 4 is 34.5 Å². The Kier molecular flexibility index (Phi) is 13.7. The van der Waals surface area contributed by atoms with Crippen LogP contribution < -0.4 is 16.4 Å². The lowest BCUT2D eigenvalue weighted by atomic mass is 9.82. The van der Waals surface area contributed by atoms with Crippen molar-refractivity contribution in [3.8, 4) is 0 Å². The minimum absolute atomic E-state index is 0.103. The van der Waals surface area contributed by atoms with Crippen LogP contribution in [-0.2, 0) is 33.6 Å². The van der Waals surface area contributed by atoms with E-state index in [2.05, 4.69) is 33.8 Å². The number of para-hydroxylation sites is 1. The highest BCUT2D eigenvalue weighted by Crippen LogP contribution is 2.32. The van der Waals surface area contributed by atoms with Gasteiger partial charge in [0.1, 0.15) is 11.9 Å². The number of nitrogens with zero attached hydrogens (tertiary/aromatic N) is 2. The van der Waals surface area contributed by atoms with Gasteiger partial charge in [0.25, 0.3) is 0 Å². The zero-order valence-corrected chi connectivity index (χ0v) is 31.4. The molecule has 10 heteroatoms. The summed E-state index contributed by atoms with van der Waals surface area (Å²) in [5, 5.41) is 6.90. The van der Waals surface area contributed by atoms with Crippen molar-refractivity contribution in [1.82, 2.24) is 15.2 Å². The number of nitrogens with two attached hydrogens (primary N) is 1. The number of piperidine rings is 1. The zero-order chi connectivity index (χ0) is 37.9. The van der Waals surface area contributed by atoms with Gasteiger partial charge in [-0.05, 0) is 116 Å². The molecule has 4 aromatic rings. The van der Waals surface area contributed by atoms with Gasteiger partial charge in [0, 0.05) is 36.3 Å². The summed E-state index contributed by atoms with van der Waals surface area (Å²) < 4.78 is 20.1. The summed E-state index contributed by atoms with van der Waals surface area (Å²) >= 11 is 0. The molecule has 6 rings (SSSR count). The topological polar surface area (TPSA) is 127 Å². The predicted octanol–water partition coefficient (Wildman–Crippen LogP) is 7.85. The number of carbonyl (C=O) groups excluding carboxylic acids is 3. The number of hydrogen-bond donors (Lipinski definition) is 3. The van der Waals surface area contributed by atoms with Crippen molar-refractivity contribution in [3.05, 3.63) is 107 Å². The largest absolute Gasteiger partial charge is 0.453 e. The number of ether oxygens (including phenoxy) is 1. The number of pyridine rings is 1. The van der Waals surface area contributed by atoms with Crippen LogP contribution in [-0.4, -0.2) is 60.1 Å². The van der Waals surface area contributed by atoms with E-state index >= 15 is 4.39 Å². The monoisotopic (exact) mass is 735 g/mol. The van der Waals surface area contributed by atoms with E-state index in [1.807, 2.05) is 54.7 Å². The summed E-state index contributed by atoms with van der Waals surface area (Å²) in [7, 11) is 1.32. The molecule has 0 radical (unpaired) electrons. The highest BCUT2D eigenvalue weighted by Gasteiger charge is 2.40. The molecule has 0 spiro atoms. The van der Waals surface area contributed by atoms with E-state index in [0.29, 0.717) is 24.9 Å². The molecule has 1 aliphatic carbocycles. The maximum Gasteiger partial charge on any atom is 0.406 e. The second-order valence-corrected chi connectivity index (χ2v) is 15.0. The Bertz CT molecular complexity index is 1880. The van der Waals surface area contributed by atoms with Crippen LogP contribution in [0.5, 0.6) is 0 Å². The highest BCUT2D eigenvalue weighted by molar-refractivity contribution is 5.98. The number of alkyl carbamates (subject to hydrolysis) is 1. The number of carbonyl (C=O) groups is 3. The molecule has 1 aromatic heterocycles. The first-order valence-corrected chi connectivity index (χ1v) is 19.7. The third-order valence-corrected chi connectivity index (χ3v) is 11.2. The molecule has 0 unspecified atom stereocenters. The molecule has 4 N–H and O–H groups in total. The Morgan fingerprint density at radius 2 is 1.65 bits per heavy atom. The van der Waals surface area contributed by atoms with Crippen molar-refractivity contribution in [2.75, 3.05) is 25.5 Å². The van der Waals surface area contributed by atoms with E-state index in [0.717, 1.165) is 91.9 Å². The number of benzene rings is 3. The second-order valence-electron chi connectivity index (χ2n) is 15.0. The molecule has 9 nitrogen and oxygen atoms in total. The smallest absolute Gasteiger partial charge is 0.406 e. The number of anilines is 1. The van der Waals surface area contributed by atoms with Crippen LogP contribution in [0.4, 0.5) is 14.9 Å². The van der Waals surface area contributed by atoms with Crippen molar-refractivity contribution in [3.63, 3.8) is 0 Å². The Labute approximate surface area is 318 Å². The quantitative estimate of drug-likeness (QED) is 0.107. The minimum Gasteiger partial charge on any atom is -0.453 e. The fourth-order valence-corrected chi connectivity index (χ4v) is 8.22. The summed E-state index contributed by atoms with van der Waals surface area (Å²) in [6.07, 6.45) is 13.2. The van der Waals surface area contributed by atoms with Gasteiger partial charge in [-0.25, -0.2) is 9.18 Å². The Hall–Kier alpha value is -4.83. The van der Waals surface area contributed by atoms with E-state index in [-0.39, 0.29) is 36.0 Å². The predicted molar refractivity (Wildman–Crippen MR) is 211 cm³/mol. The molecule has 1 saturated carbocycles. The van der Waals surface area contributed by atoms with Crippen LogP contribution in [0.25, 0.3) is 10.9 Å². The van der Waals surface area contributed by atoms with Gasteiger partial charge in [-0.3, -0.25) is 14.6 Å². The molecule has 3 atom stereocenters. The third kappa shape index (κ3) is 10.2. The molecular formula is C44H54FN5O4. The number of likely N-dealkylation sites (tertiary alicyclic amines) is 1. The van der Waals surface area contributed by atoms with Crippen LogP contribution in [0.2, 0.25) is 0 Å². The molecule has 1 aliphatic heterocycles. The number of amides is 3. The molecule has 2 fully saturated rings. The van der Waals surface area contributed by atoms with E-state index < -0.39 is 18.2 Å². The molecule has 286 valence electrons. The SMILES string of the molecule is COC(=O)NC[C@@H](Cc1cnc2ccccc2c1)c1cc(CCCCCc2ccc(NC(=O)[C@H](C3CCCCC3)N3CCC[C@H](N)C3=O)cc2)ccc1F. The zero-order valence-electron chi connectivity index (χ0n) is 31.4. The summed E-state index contributed by atoms with van der Waals surface area (Å²) in [6, 6.07) is 22.3. The summed E-state index contributed by atoms with van der Waals surface area (Å²) in [6.45, 7) is 0.817. The second kappa shape index (κ2) is 19.0. The van der Waals surface area contributed by atoms with Gasteiger partial charge in [-0.15, -0.1) is 0 Å². The number of rotatable bonds is 15. The minimum atomic E-state index is -0.549. The van der Waals surface area contributed by atoms with Crippen molar-refractivity contribution in [2.45, 2.75) is 101 Å².